The second-order valence-electron chi connectivity index (χ2n) is 16.9. The molecule has 8 rings (SSSR count). The fraction of sp³-hybridized carbons (Fsp3) is 0.288. The molecule has 2 aliphatic rings. The first-order valence-corrected chi connectivity index (χ1v) is 23.6. The number of nitrogens with zero attached hydrogens (tertiary/aromatic N) is 1. The minimum atomic E-state index is -3.97. The molecule has 6 aromatic carbocycles. The fourth-order valence-electron chi connectivity index (χ4n) is 8.49. The van der Waals surface area contributed by atoms with Gasteiger partial charge in [-0.1, -0.05) is 138 Å². The van der Waals surface area contributed by atoms with E-state index in [1.807, 2.05) is 134 Å². The van der Waals surface area contributed by atoms with Crippen LogP contribution in [0.1, 0.15) is 70.6 Å². The highest BCUT2D eigenvalue weighted by molar-refractivity contribution is 7.89. The van der Waals surface area contributed by atoms with Crippen molar-refractivity contribution in [3.63, 3.8) is 0 Å². The van der Waals surface area contributed by atoms with E-state index >= 15 is 0 Å². The van der Waals surface area contributed by atoms with E-state index in [-0.39, 0.29) is 36.7 Å². The van der Waals surface area contributed by atoms with Gasteiger partial charge in [-0.2, -0.15) is 4.72 Å². The SMILES string of the molecule is Cc1ccc(S(=O)(=O)N[C@H](Cc2ccccc2)C(=O)NCc2cccc(-c3ccc([C@@H]4O[C@H](CN5CCC(O)(c6ccc(Cl)cc6)CC5)C[C@H](c5ccc(CO)cc5)O4)cc3)c2)cc1. The highest BCUT2D eigenvalue weighted by atomic mass is 35.5. The number of nitrogens with one attached hydrogen (secondary N) is 2. The molecule has 0 aliphatic carbocycles. The van der Waals surface area contributed by atoms with Crippen molar-refractivity contribution < 1.29 is 32.9 Å². The minimum absolute atomic E-state index is 0.0322. The van der Waals surface area contributed by atoms with Crippen molar-refractivity contribution in [2.24, 2.45) is 0 Å². The predicted molar refractivity (Wildman–Crippen MR) is 249 cm³/mol. The number of carbonyl (C=O) groups is 1. The van der Waals surface area contributed by atoms with Crippen molar-refractivity contribution in [3.8, 4) is 11.1 Å². The van der Waals surface area contributed by atoms with Crippen molar-refractivity contribution >= 4 is 27.5 Å². The highest BCUT2D eigenvalue weighted by Crippen LogP contribution is 2.40. The maximum Gasteiger partial charge on any atom is 0.241 e. The smallest absolute Gasteiger partial charge is 0.241 e. The van der Waals surface area contributed by atoms with Crippen molar-refractivity contribution in [2.75, 3.05) is 19.6 Å². The van der Waals surface area contributed by atoms with Crippen LogP contribution >= 0.6 is 11.6 Å². The lowest BCUT2D eigenvalue weighted by molar-refractivity contribution is -0.253. The Hall–Kier alpha value is -5.21. The van der Waals surface area contributed by atoms with Gasteiger partial charge in [0, 0.05) is 43.2 Å². The molecule has 0 radical (unpaired) electrons. The number of halogens is 1. The number of aliphatic hydroxyl groups is 2. The van der Waals surface area contributed by atoms with Crippen LogP contribution in [0.3, 0.4) is 0 Å². The summed E-state index contributed by atoms with van der Waals surface area (Å²) < 4.78 is 42.8. The van der Waals surface area contributed by atoms with E-state index in [2.05, 4.69) is 14.9 Å². The Morgan fingerprint density at radius 1 is 0.781 bits per heavy atom. The number of rotatable bonds is 15. The van der Waals surface area contributed by atoms with Crippen molar-refractivity contribution in [3.05, 3.63) is 196 Å². The fourth-order valence-corrected chi connectivity index (χ4v) is 9.81. The van der Waals surface area contributed by atoms with Crippen LogP contribution in [0.25, 0.3) is 11.1 Å². The second kappa shape index (κ2) is 20.3. The predicted octanol–water partition coefficient (Wildman–Crippen LogP) is 8.54. The van der Waals surface area contributed by atoms with Gasteiger partial charge in [-0.15, -0.1) is 0 Å². The Kier molecular flexibility index (Phi) is 14.4. The maximum atomic E-state index is 13.7. The quantitative estimate of drug-likeness (QED) is 0.0806. The van der Waals surface area contributed by atoms with Crippen molar-refractivity contribution in [1.82, 2.24) is 14.9 Å². The van der Waals surface area contributed by atoms with E-state index in [1.54, 1.807) is 12.1 Å². The molecule has 0 bridgehead atoms. The van der Waals surface area contributed by atoms with Crippen LogP contribution < -0.4 is 10.0 Å². The normalized spacial score (nSPS) is 19.5. The summed E-state index contributed by atoms with van der Waals surface area (Å²) in [6, 6.07) is 46.2. The molecule has 0 spiro atoms. The number of hydrogen-bond acceptors (Lipinski definition) is 8. The van der Waals surface area contributed by atoms with E-state index in [4.69, 9.17) is 21.1 Å². The lowest BCUT2D eigenvalue weighted by Crippen LogP contribution is -2.47. The first kappa shape index (κ1) is 45.4. The molecular formula is C52H54ClN3O7S. The van der Waals surface area contributed by atoms with Crippen LogP contribution in [-0.2, 0) is 49.5 Å². The van der Waals surface area contributed by atoms with Crippen LogP contribution in [0.15, 0.2) is 157 Å². The number of aliphatic hydroxyl groups excluding tert-OH is 1. The topological polar surface area (TPSA) is 137 Å². The number of piperidine rings is 1. The Labute approximate surface area is 380 Å². The Morgan fingerprint density at radius 3 is 2.14 bits per heavy atom. The third-order valence-electron chi connectivity index (χ3n) is 12.3. The van der Waals surface area contributed by atoms with Crippen LogP contribution in [-0.4, -0.2) is 61.2 Å². The summed E-state index contributed by atoms with van der Waals surface area (Å²) in [4.78, 5) is 16.2. The van der Waals surface area contributed by atoms with Gasteiger partial charge in [0.25, 0.3) is 0 Å². The molecule has 10 nitrogen and oxygen atoms in total. The average Bonchev–Trinajstić information content (AvgIpc) is 3.32. The van der Waals surface area contributed by atoms with Crippen LogP contribution in [0.4, 0.5) is 0 Å². The van der Waals surface area contributed by atoms with Gasteiger partial charge in [-0.05, 0) is 95.5 Å². The number of ether oxygens (including phenoxy) is 2. The standard InChI is InChI=1S/C52H54ClN3O7S/c1-36-10-24-47(25-11-36)64(60,61)55-48(31-37-6-3-2-4-7-37)50(58)54-33-39-8-5-9-43(30-39)40-16-18-42(19-17-40)51-62-46(32-49(63-51)41-14-12-38(35-57)13-15-41)34-56-28-26-52(59,27-29-56)44-20-22-45(53)23-21-44/h2-25,30,46,48-49,51,55,57,59H,26-29,31-35H2,1H3,(H,54,58)/t46-,48+,49+,51+/m0/s1. The molecule has 0 aromatic heterocycles. The number of hydrogen-bond donors (Lipinski definition) is 4. The monoisotopic (exact) mass is 899 g/mol. The van der Waals surface area contributed by atoms with Crippen LogP contribution in [0.5, 0.6) is 0 Å². The average molecular weight is 901 g/mol. The van der Waals surface area contributed by atoms with Crippen molar-refractivity contribution in [2.45, 2.75) is 80.8 Å². The molecule has 2 saturated heterocycles. The Morgan fingerprint density at radius 2 is 1.45 bits per heavy atom. The van der Waals surface area contributed by atoms with Gasteiger partial charge in [0.1, 0.15) is 6.04 Å². The Bertz CT molecular complexity index is 2590. The summed E-state index contributed by atoms with van der Waals surface area (Å²) in [5, 5.41) is 24.8. The number of benzene rings is 6. The summed E-state index contributed by atoms with van der Waals surface area (Å²) >= 11 is 6.12. The van der Waals surface area contributed by atoms with Gasteiger partial charge in [-0.3, -0.25) is 4.79 Å². The number of likely N-dealkylation sites (tertiary alicyclic amines) is 1. The third kappa shape index (κ3) is 11.4. The number of aryl methyl sites for hydroxylation is 1. The molecule has 4 N–H and O–H groups in total. The molecule has 2 heterocycles. The second-order valence-corrected chi connectivity index (χ2v) is 19.1. The highest BCUT2D eigenvalue weighted by Gasteiger charge is 2.37. The molecule has 1 amide bonds. The number of amides is 1. The molecule has 2 fully saturated rings. The van der Waals surface area contributed by atoms with Crippen molar-refractivity contribution in [1.29, 1.82) is 0 Å². The molecule has 4 atom stereocenters. The molecule has 64 heavy (non-hydrogen) atoms. The third-order valence-corrected chi connectivity index (χ3v) is 14.0. The lowest BCUT2D eigenvalue weighted by atomic mass is 9.84. The number of sulfonamides is 1. The number of carbonyl (C=O) groups excluding carboxylic acids is 1. The molecule has 6 aromatic rings. The van der Waals surface area contributed by atoms with Gasteiger partial charge in [-0.25, -0.2) is 8.42 Å². The molecule has 0 unspecified atom stereocenters. The summed E-state index contributed by atoms with van der Waals surface area (Å²) in [6.07, 6.45) is 1.05. The van der Waals surface area contributed by atoms with Gasteiger partial charge < -0.3 is 29.9 Å². The summed E-state index contributed by atoms with van der Waals surface area (Å²) in [5.74, 6) is -0.428. The zero-order chi connectivity index (χ0) is 44.7. The molecule has 332 valence electrons. The minimum Gasteiger partial charge on any atom is -0.392 e. The molecule has 0 saturated carbocycles. The zero-order valence-electron chi connectivity index (χ0n) is 35.8. The van der Waals surface area contributed by atoms with Gasteiger partial charge in [0.15, 0.2) is 6.29 Å². The van der Waals surface area contributed by atoms with Crippen LogP contribution in [0.2, 0.25) is 5.02 Å². The van der Waals surface area contributed by atoms with Gasteiger partial charge >= 0.3 is 0 Å². The summed E-state index contributed by atoms with van der Waals surface area (Å²) in [7, 11) is -3.97. The first-order chi connectivity index (χ1) is 30.9. The van der Waals surface area contributed by atoms with E-state index in [0.717, 1.165) is 63.2 Å². The Balaban J connectivity index is 0.936. The lowest BCUT2D eigenvalue weighted by Gasteiger charge is -2.42. The molecular weight excluding hydrogens is 846 g/mol. The van der Waals surface area contributed by atoms with Crippen LogP contribution in [0, 0.1) is 6.92 Å². The zero-order valence-corrected chi connectivity index (χ0v) is 37.3. The van der Waals surface area contributed by atoms with E-state index < -0.39 is 33.9 Å². The van der Waals surface area contributed by atoms with Gasteiger partial charge in [0.2, 0.25) is 15.9 Å². The van der Waals surface area contributed by atoms with E-state index in [9.17, 15) is 23.4 Å². The summed E-state index contributed by atoms with van der Waals surface area (Å²) in [5.41, 5.74) is 7.26. The van der Waals surface area contributed by atoms with E-state index in [0.29, 0.717) is 30.8 Å². The summed E-state index contributed by atoms with van der Waals surface area (Å²) in [6.45, 7) is 4.18. The van der Waals surface area contributed by atoms with Gasteiger partial charge in [0.05, 0.1) is 29.3 Å². The first-order valence-electron chi connectivity index (χ1n) is 21.7. The molecule has 2 aliphatic heterocycles. The largest absolute Gasteiger partial charge is 0.392 e. The van der Waals surface area contributed by atoms with E-state index in [1.165, 1.54) is 12.1 Å². The molecule has 12 heteroatoms. The maximum absolute atomic E-state index is 13.7.